The smallest absolute Gasteiger partial charge is 0.336 e. The summed E-state index contributed by atoms with van der Waals surface area (Å²) in [5.41, 5.74) is 5.56. The normalized spacial score (nSPS) is 10.8. The summed E-state index contributed by atoms with van der Waals surface area (Å²) in [6.45, 7) is 2.45. The third kappa shape index (κ3) is 7.46. The molecule has 0 radical (unpaired) electrons. The number of hydrogen-bond acceptors (Lipinski definition) is 5. The van der Waals surface area contributed by atoms with Crippen LogP contribution in [-0.2, 0) is 24.2 Å². The number of hydrogen-bond donors (Lipinski definition) is 3. The molecule has 0 unspecified atom stereocenters. The predicted molar refractivity (Wildman–Crippen MR) is 155 cm³/mol. The molecule has 0 saturated heterocycles. The minimum absolute atomic E-state index is 0.229. The van der Waals surface area contributed by atoms with E-state index in [1.165, 1.54) is 4.90 Å². The summed E-state index contributed by atoms with van der Waals surface area (Å²) in [6.07, 6.45) is 4.65. The van der Waals surface area contributed by atoms with Gasteiger partial charge < -0.3 is 14.6 Å². The Morgan fingerprint density at radius 1 is 0.902 bits per heavy atom. The number of carboxylic acids is 1. The van der Waals surface area contributed by atoms with Crippen molar-refractivity contribution in [3.8, 4) is 11.1 Å². The second-order valence-corrected chi connectivity index (χ2v) is 9.79. The van der Waals surface area contributed by atoms with Gasteiger partial charge in [-0.15, -0.1) is 0 Å². The topological polar surface area (TPSA) is 125 Å². The second-order valence-electron chi connectivity index (χ2n) is 9.79. The SMILES string of the molecule is CCCCc1ncc(C(=O)N(CCc2ccccc2)CC(=O)NO)n1Cc1ccc(-c2ccccc2C(=O)O)cc1. The van der Waals surface area contributed by atoms with Gasteiger partial charge in [-0.3, -0.25) is 14.8 Å². The first kappa shape index (κ1) is 29.2. The predicted octanol–water partition coefficient (Wildman–Crippen LogP) is 4.83. The monoisotopic (exact) mass is 554 g/mol. The van der Waals surface area contributed by atoms with Crippen molar-refractivity contribution in [1.82, 2.24) is 19.9 Å². The van der Waals surface area contributed by atoms with Crippen molar-refractivity contribution in [3.63, 3.8) is 0 Å². The number of nitrogens with zero attached hydrogens (tertiary/aromatic N) is 3. The molecule has 9 nitrogen and oxygen atoms in total. The van der Waals surface area contributed by atoms with E-state index in [2.05, 4.69) is 11.9 Å². The minimum atomic E-state index is -0.987. The van der Waals surface area contributed by atoms with Crippen LogP contribution in [0, 0.1) is 0 Å². The number of aromatic carboxylic acids is 1. The molecule has 4 rings (SSSR count). The van der Waals surface area contributed by atoms with Gasteiger partial charge in [0.1, 0.15) is 18.1 Å². The number of aryl methyl sites for hydroxylation is 1. The van der Waals surface area contributed by atoms with Gasteiger partial charge in [-0.25, -0.2) is 15.3 Å². The molecule has 0 saturated carbocycles. The van der Waals surface area contributed by atoms with Crippen LogP contribution in [0.4, 0.5) is 0 Å². The Kier molecular flexibility index (Phi) is 10.0. The molecule has 0 atom stereocenters. The fraction of sp³-hybridized carbons (Fsp3) is 0.250. The zero-order chi connectivity index (χ0) is 29.2. The lowest BCUT2D eigenvalue weighted by atomic mass is 9.98. The molecule has 1 heterocycles. The number of nitrogens with one attached hydrogen (secondary N) is 1. The second kappa shape index (κ2) is 14.0. The lowest BCUT2D eigenvalue weighted by Gasteiger charge is -2.23. The van der Waals surface area contributed by atoms with E-state index in [0.717, 1.165) is 35.4 Å². The van der Waals surface area contributed by atoms with Gasteiger partial charge in [0, 0.05) is 19.5 Å². The molecule has 0 spiro atoms. The van der Waals surface area contributed by atoms with E-state index in [4.69, 9.17) is 5.21 Å². The number of carboxylic acid groups (broad SMARTS) is 1. The summed E-state index contributed by atoms with van der Waals surface area (Å²) >= 11 is 0. The molecule has 0 fully saturated rings. The van der Waals surface area contributed by atoms with E-state index in [-0.39, 0.29) is 24.6 Å². The summed E-state index contributed by atoms with van der Waals surface area (Å²) in [4.78, 5) is 43.6. The number of benzene rings is 3. The van der Waals surface area contributed by atoms with Crippen molar-refractivity contribution in [1.29, 1.82) is 0 Å². The highest BCUT2D eigenvalue weighted by Crippen LogP contribution is 2.25. The maximum Gasteiger partial charge on any atom is 0.336 e. The van der Waals surface area contributed by atoms with Crippen molar-refractivity contribution in [3.05, 3.63) is 113 Å². The Bertz CT molecular complexity index is 1480. The van der Waals surface area contributed by atoms with E-state index in [1.807, 2.05) is 59.2 Å². The Balaban J connectivity index is 1.62. The number of unbranched alkanes of at least 4 members (excludes halogenated alkanes) is 1. The number of hydroxylamine groups is 1. The number of carbonyl (C=O) groups excluding carboxylic acids is 2. The molecule has 4 aromatic rings. The lowest BCUT2D eigenvalue weighted by Crippen LogP contribution is -2.41. The average molecular weight is 555 g/mol. The van der Waals surface area contributed by atoms with Crippen molar-refractivity contribution in [2.45, 2.75) is 39.2 Å². The summed E-state index contributed by atoms with van der Waals surface area (Å²) in [5, 5.41) is 18.7. The highest BCUT2D eigenvalue weighted by atomic mass is 16.5. The Morgan fingerprint density at radius 3 is 2.29 bits per heavy atom. The van der Waals surface area contributed by atoms with Crippen LogP contribution in [0.25, 0.3) is 11.1 Å². The van der Waals surface area contributed by atoms with Crippen LogP contribution in [0.15, 0.2) is 85.1 Å². The van der Waals surface area contributed by atoms with Crippen molar-refractivity contribution >= 4 is 17.8 Å². The highest BCUT2D eigenvalue weighted by molar-refractivity contribution is 5.96. The molecular formula is C32H34N4O5. The molecule has 41 heavy (non-hydrogen) atoms. The Hall–Kier alpha value is -4.76. The molecule has 2 amide bonds. The van der Waals surface area contributed by atoms with Gasteiger partial charge in [0.2, 0.25) is 0 Å². The van der Waals surface area contributed by atoms with E-state index >= 15 is 0 Å². The first-order valence-electron chi connectivity index (χ1n) is 13.6. The number of imidazole rings is 1. The molecule has 212 valence electrons. The molecule has 9 heteroatoms. The van der Waals surface area contributed by atoms with Gasteiger partial charge >= 0.3 is 5.97 Å². The average Bonchev–Trinajstić information content (AvgIpc) is 3.40. The quantitative estimate of drug-likeness (QED) is 0.161. The standard InChI is InChI=1S/C32H34N4O5/c1-2-3-13-29-33-20-28(31(38)35(22-30(37)34-41)19-18-23-9-5-4-6-10-23)36(29)21-24-14-16-25(17-15-24)26-11-7-8-12-27(26)32(39)40/h4-12,14-17,20,41H,2-3,13,18-19,21-22H2,1H3,(H,34,37)(H,39,40). The molecule has 3 N–H and O–H groups in total. The third-order valence-electron chi connectivity index (χ3n) is 6.93. The summed E-state index contributed by atoms with van der Waals surface area (Å²) < 4.78 is 1.88. The van der Waals surface area contributed by atoms with Crippen LogP contribution in [0.2, 0.25) is 0 Å². The van der Waals surface area contributed by atoms with Crippen molar-refractivity contribution in [2.24, 2.45) is 0 Å². The third-order valence-corrected chi connectivity index (χ3v) is 6.93. The molecule has 0 bridgehead atoms. The Morgan fingerprint density at radius 2 is 1.61 bits per heavy atom. The van der Waals surface area contributed by atoms with Crippen LogP contribution < -0.4 is 5.48 Å². The van der Waals surface area contributed by atoms with E-state index in [0.29, 0.717) is 30.6 Å². The van der Waals surface area contributed by atoms with Crippen LogP contribution >= 0.6 is 0 Å². The van der Waals surface area contributed by atoms with E-state index in [9.17, 15) is 19.5 Å². The number of aromatic nitrogens is 2. The number of carbonyl (C=O) groups is 3. The molecule has 0 aliphatic heterocycles. The van der Waals surface area contributed by atoms with Gasteiger partial charge in [0.15, 0.2) is 0 Å². The van der Waals surface area contributed by atoms with Crippen LogP contribution in [0.5, 0.6) is 0 Å². The van der Waals surface area contributed by atoms with Crippen molar-refractivity contribution < 1.29 is 24.7 Å². The van der Waals surface area contributed by atoms with Crippen LogP contribution in [-0.4, -0.2) is 55.6 Å². The van der Waals surface area contributed by atoms with E-state index in [1.54, 1.807) is 35.9 Å². The molecule has 0 aliphatic carbocycles. The molecule has 0 aliphatic rings. The zero-order valence-electron chi connectivity index (χ0n) is 23.0. The number of amides is 2. The number of rotatable bonds is 13. The Labute approximate surface area is 239 Å². The fourth-order valence-electron chi connectivity index (χ4n) is 4.72. The largest absolute Gasteiger partial charge is 0.478 e. The van der Waals surface area contributed by atoms with Gasteiger partial charge in [-0.2, -0.15) is 0 Å². The zero-order valence-corrected chi connectivity index (χ0v) is 23.0. The lowest BCUT2D eigenvalue weighted by molar-refractivity contribution is -0.129. The summed E-state index contributed by atoms with van der Waals surface area (Å²) in [6, 6.07) is 24.1. The maximum atomic E-state index is 13.8. The molecular weight excluding hydrogens is 520 g/mol. The van der Waals surface area contributed by atoms with Gasteiger partial charge in [0.25, 0.3) is 11.8 Å². The molecule has 1 aromatic heterocycles. The highest BCUT2D eigenvalue weighted by Gasteiger charge is 2.24. The van der Waals surface area contributed by atoms with E-state index < -0.39 is 11.9 Å². The minimum Gasteiger partial charge on any atom is -0.478 e. The van der Waals surface area contributed by atoms with Crippen LogP contribution in [0.3, 0.4) is 0 Å². The first-order chi connectivity index (χ1) is 19.9. The summed E-state index contributed by atoms with van der Waals surface area (Å²) in [5.74, 6) is -1.25. The van der Waals surface area contributed by atoms with Gasteiger partial charge in [0.05, 0.1) is 11.8 Å². The van der Waals surface area contributed by atoms with Gasteiger partial charge in [-0.1, -0.05) is 86.1 Å². The fourth-order valence-corrected chi connectivity index (χ4v) is 4.72. The van der Waals surface area contributed by atoms with Gasteiger partial charge in [-0.05, 0) is 41.2 Å². The van der Waals surface area contributed by atoms with Crippen molar-refractivity contribution in [2.75, 3.05) is 13.1 Å². The maximum absolute atomic E-state index is 13.8. The molecule has 3 aromatic carbocycles. The van der Waals surface area contributed by atoms with Crippen LogP contribution in [0.1, 0.15) is 57.6 Å². The first-order valence-corrected chi connectivity index (χ1v) is 13.6. The summed E-state index contributed by atoms with van der Waals surface area (Å²) in [7, 11) is 0.